The summed E-state index contributed by atoms with van der Waals surface area (Å²) in [6.45, 7) is 5.49. The van der Waals surface area contributed by atoms with Gasteiger partial charge in [0.25, 0.3) is 0 Å². The number of hydroxylamine groups is 1. The van der Waals surface area contributed by atoms with Crippen molar-refractivity contribution in [2.45, 2.75) is 13.1 Å². The summed E-state index contributed by atoms with van der Waals surface area (Å²) in [4.78, 5) is 22.1. The SMILES string of the molecule is C=CN(c1ccc(NC(=O)N(O)c2ccc(Cl)c(C(F)(F)F)c2)cc1)c1ncnc(C)c1N. The summed E-state index contributed by atoms with van der Waals surface area (Å²) in [5.74, 6) is 0.416. The molecule has 2 amide bonds. The number of rotatable bonds is 5. The molecule has 8 nitrogen and oxygen atoms in total. The first kappa shape index (κ1) is 23.8. The summed E-state index contributed by atoms with van der Waals surface area (Å²) in [7, 11) is 0. The molecule has 3 aromatic rings. The first-order valence-corrected chi connectivity index (χ1v) is 9.66. The van der Waals surface area contributed by atoms with Crippen LogP contribution in [-0.4, -0.2) is 21.2 Å². The summed E-state index contributed by atoms with van der Waals surface area (Å²) in [6, 6.07) is 7.80. The normalized spacial score (nSPS) is 11.1. The molecule has 0 saturated heterocycles. The lowest BCUT2D eigenvalue weighted by atomic mass is 10.2. The molecule has 3 rings (SSSR count). The monoisotopic (exact) mass is 478 g/mol. The molecule has 4 N–H and O–H groups in total. The van der Waals surface area contributed by atoms with Gasteiger partial charge in [0.15, 0.2) is 5.82 Å². The van der Waals surface area contributed by atoms with E-state index in [-0.39, 0.29) is 10.8 Å². The van der Waals surface area contributed by atoms with E-state index in [2.05, 4.69) is 21.9 Å². The quantitative estimate of drug-likeness (QED) is 0.318. The zero-order valence-electron chi connectivity index (χ0n) is 17.1. The first-order valence-electron chi connectivity index (χ1n) is 9.28. The van der Waals surface area contributed by atoms with Gasteiger partial charge in [-0.3, -0.25) is 5.21 Å². The molecule has 0 unspecified atom stereocenters. The van der Waals surface area contributed by atoms with Crippen molar-refractivity contribution in [1.29, 1.82) is 0 Å². The van der Waals surface area contributed by atoms with Crippen molar-refractivity contribution in [2.75, 3.05) is 21.0 Å². The summed E-state index contributed by atoms with van der Waals surface area (Å²) in [5, 5.41) is 12.0. The molecular weight excluding hydrogens is 461 g/mol. The van der Waals surface area contributed by atoms with Crippen molar-refractivity contribution in [3.8, 4) is 0 Å². The average molecular weight is 479 g/mol. The molecule has 1 aromatic heterocycles. The maximum absolute atomic E-state index is 13.0. The second kappa shape index (κ2) is 9.35. The highest BCUT2D eigenvalue weighted by atomic mass is 35.5. The lowest BCUT2D eigenvalue weighted by molar-refractivity contribution is -0.137. The number of hydrogen-bond donors (Lipinski definition) is 3. The number of carbonyl (C=O) groups excluding carboxylic acids is 1. The molecular formula is C21H18ClF3N6O2. The van der Waals surface area contributed by atoms with Crippen LogP contribution >= 0.6 is 11.6 Å². The number of nitrogen functional groups attached to an aromatic ring is 1. The molecule has 0 aliphatic carbocycles. The third-order valence-corrected chi connectivity index (χ3v) is 4.89. The number of nitrogens with zero attached hydrogens (tertiary/aromatic N) is 4. The predicted octanol–water partition coefficient (Wildman–Crippen LogP) is 5.75. The molecule has 12 heteroatoms. The van der Waals surface area contributed by atoms with Crippen LogP contribution in [0.1, 0.15) is 11.3 Å². The molecule has 0 radical (unpaired) electrons. The third kappa shape index (κ3) is 5.16. The van der Waals surface area contributed by atoms with Crippen LogP contribution in [0.4, 0.5) is 46.5 Å². The van der Waals surface area contributed by atoms with E-state index in [1.807, 2.05) is 0 Å². The molecule has 0 saturated carbocycles. The number of amides is 2. The van der Waals surface area contributed by atoms with Crippen LogP contribution in [0, 0.1) is 6.92 Å². The number of aromatic nitrogens is 2. The molecule has 172 valence electrons. The number of hydrogen-bond acceptors (Lipinski definition) is 6. The number of aryl methyl sites for hydroxylation is 1. The van der Waals surface area contributed by atoms with E-state index >= 15 is 0 Å². The minimum Gasteiger partial charge on any atom is -0.394 e. The fraction of sp³-hybridized carbons (Fsp3) is 0.0952. The molecule has 2 aromatic carbocycles. The lowest BCUT2D eigenvalue weighted by Gasteiger charge is -2.22. The fourth-order valence-electron chi connectivity index (χ4n) is 2.84. The minimum absolute atomic E-state index is 0.0554. The van der Waals surface area contributed by atoms with E-state index in [0.29, 0.717) is 29.0 Å². The first-order chi connectivity index (χ1) is 15.5. The van der Waals surface area contributed by atoms with Crippen molar-refractivity contribution in [3.05, 3.63) is 77.9 Å². The van der Waals surface area contributed by atoms with Crippen LogP contribution in [0.3, 0.4) is 0 Å². The number of nitrogens with one attached hydrogen (secondary N) is 1. The van der Waals surface area contributed by atoms with E-state index in [1.165, 1.54) is 24.7 Å². The van der Waals surface area contributed by atoms with Crippen LogP contribution in [0.15, 0.2) is 61.6 Å². The summed E-state index contributed by atoms with van der Waals surface area (Å²) in [5.41, 5.74) is 6.30. The summed E-state index contributed by atoms with van der Waals surface area (Å²) >= 11 is 5.56. The van der Waals surface area contributed by atoms with Gasteiger partial charge < -0.3 is 16.0 Å². The maximum atomic E-state index is 13.0. The Morgan fingerprint density at radius 2 is 1.82 bits per heavy atom. The largest absolute Gasteiger partial charge is 0.417 e. The number of alkyl halides is 3. The highest BCUT2D eigenvalue weighted by Crippen LogP contribution is 2.37. The number of carbonyl (C=O) groups is 1. The lowest BCUT2D eigenvalue weighted by Crippen LogP contribution is -2.32. The number of halogens is 4. The van der Waals surface area contributed by atoms with Gasteiger partial charge in [-0.15, -0.1) is 0 Å². The average Bonchev–Trinajstić information content (AvgIpc) is 2.77. The van der Waals surface area contributed by atoms with Crippen molar-refractivity contribution in [2.24, 2.45) is 0 Å². The van der Waals surface area contributed by atoms with Gasteiger partial charge in [-0.1, -0.05) is 18.2 Å². The summed E-state index contributed by atoms with van der Waals surface area (Å²) < 4.78 is 39.1. The van der Waals surface area contributed by atoms with Crippen molar-refractivity contribution in [3.63, 3.8) is 0 Å². The Balaban J connectivity index is 1.77. The van der Waals surface area contributed by atoms with Crippen molar-refractivity contribution < 1.29 is 23.2 Å². The van der Waals surface area contributed by atoms with E-state index in [1.54, 1.807) is 24.0 Å². The van der Waals surface area contributed by atoms with Gasteiger partial charge in [-0.25, -0.2) is 14.8 Å². The van der Waals surface area contributed by atoms with Crippen LogP contribution < -0.4 is 21.0 Å². The second-order valence-corrected chi connectivity index (χ2v) is 7.11. The highest BCUT2D eigenvalue weighted by Gasteiger charge is 2.34. The number of anilines is 5. The van der Waals surface area contributed by atoms with Gasteiger partial charge >= 0.3 is 12.2 Å². The molecule has 0 spiro atoms. The van der Waals surface area contributed by atoms with Crippen molar-refractivity contribution in [1.82, 2.24) is 9.97 Å². The van der Waals surface area contributed by atoms with Crippen LogP contribution in [0.5, 0.6) is 0 Å². The second-order valence-electron chi connectivity index (χ2n) is 6.70. The zero-order chi connectivity index (χ0) is 24.3. The van der Waals surface area contributed by atoms with Gasteiger partial charge in [-0.2, -0.15) is 18.2 Å². The topological polar surface area (TPSA) is 108 Å². The molecule has 0 atom stereocenters. The van der Waals surface area contributed by atoms with Gasteiger partial charge in [0.05, 0.1) is 27.7 Å². The maximum Gasteiger partial charge on any atom is 0.417 e. The van der Waals surface area contributed by atoms with E-state index in [9.17, 15) is 23.2 Å². The Labute approximate surface area is 191 Å². The standard InChI is InChI=1S/C21H18ClF3N6O2/c1-3-30(19-18(26)12(2)27-11-28-19)14-6-4-13(5-7-14)29-20(32)31(33)15-8-9-17(22)16(10-15)21(23,24)25/h3-11,33H,1,26H2,2H3,(H,29,32). The van der Waals surface area contributed by atoms with Gasteiger partial charge in [0.1, 0.15) is 6.33 Å². The molecule has 0 fully saturated rings. The summed E-state index contributed by atoms with van der Waals surface area (Å²) in [6.07, 6.45) is -1.88. The Bertz CT molecular complexity index is 1190. The van der Waals surface area contributed by atoms with Gasteiger partial charge in [0, 0.05) is 17.6 Å². The van der Waals surface area contributed by atoms with Gasteiger partial charge in [-0.05, 0) is 49.4 Å². The smallest absolute Gasteiger partial charge is 0.394 e. The molecule has 0 bridgehead atoms. The van der Waals surface area contributed by atoms with Crippen molar-refractivity contribution >= 4 is 46.2 Å². The van der Waals surface area contributed by atoms with Crippen LogP contribution in [0.25, 0.3) is 0 Å². The number of benzene rings is 2. The number of urea groups is 1. The fourth-order valence-corrected chi connectivity index (χ4v) is 3.06. The molecule has 0 aliphatic rings. The van der Waals surface area contributed by atoms with E-state index < -0.39 is 28.5 Å². The Morgan fingerprint density at radius 1 is 1.18 bits per heavy atom. The third-order valence-electron chi connectivity index (χ3n) is 4.56. The van der Waals surface area contributed by atoms with E-state index in [4.69, 9.17) is 17.3 Å². The zero-order valence-corrected chi connectivity index (χ0v) is 17.9. The minimum atomic E-state index is -4.75. The van der Waals surface area contributed by atoms with Crippen LogP contribution in [-0.2, 0) is 6.18 Å². The predicted molar refractivity (Wildman–Crippen MR) is 120 cm³/mol. The molecule has 1 heterocycles. The molecule has 0 aliphatic heterocycles. The highest BCUT2D eigenvalue weighted by molar-refractivity contribution is 6.31. The van der Waals surface area contributed by atoms with Crippen LogP contribution in [0.2, 0.25) is 5.02 Å². The Hall–Kier alpha value is -3.83. The van der Waals surface area contributed by atoms with E-state index in [0.717, 1.165) is 12.1 Å². The Morgan fingerprint density at radius 3 is 2.42 bits per heavy atom. The molecule has 33 heavy (non-hydrogen) atoms. The number of nitrogens with two attached hydrogens (primary N) is 1. The Kier molecular flexibility index (Phi) is 6.75. The van der Waals surface area contributed by atoms with Gasteiger partial charge in [0.2, 0.25) is 0 Å².